The van der Waals surface area contributed by atoms with Crippen molar-refractivity contribution in [1.29, 1.82) is 0 Å². The van der Waals surface area contributed by atoms with Gasteiger partial charge in [0.25, 0.3) is 5.91 Å². The van der Waals surface area contributed by atoms with E-state index in [1.807, 2.05) is 13.0 Å². The SMILES string of the molecule is C[C@H](NC(=O)COC(=O)c1ccc2c(c1)OCO2)c1cccc(Cl)c1. The van der Waals surface area contributed by atoms with Gasteiger partial charge in [-0.15, -0.1) is 0 Å². The predicted octanol–water partition coefficient (Wildman–Crippen LogP) is 3.10. The highest BCUT2D eigenvalue weighted by Gasteiger charge is 2.18. The molecule has 1 aliphatic rings. The predicted molar refractivity (Wildman–Crippen MR) is 90.9 cm³/mol. The average molecular weight is 362 g/mol. The summed E-state index contributed by atoms with van der Waals surface area (Å²) in [4.78, 5) is 24.0. The summed E-state index contributed by atoms with van der Waals surface area (Å²) in [7, 11) is 0. The lowest BCUT2D eigenvalue weighted by atomic mass is 10.1. The number of amides is 1. The van der Waals surface area contributed by atoms with Crippen LogP contribution in [0.4, 0.5) is 0 Å². The quantitative estimate of drug-likeness (QED) is 0.828. The molecule has 0 saturated heterocycles. The minimum Gasteiger partial charge on any atom is -0.454 e. The van der Waals surface area contributed by atoms with E-state index in [0.29, 0.717) is 22.1 Å². The molecule has 0 fully saturated rings. The van der Waals surface area contributed by atoms with Crippen molar-refractivity contribution in [2.75, 3.05) is 13.4 Å². The minimum absolute atomic E-state index is 0.123. The van der Waals surface area contributed by atoms with Gasteiger partial charge in [-0.05, 0) is 42.8 Å². The molecule has 130 valence electrons. The number of hydrogen-bond acceptors (Lipinski definition) is 5. The van der Waals surface area contributed by atoms with E-state index in [9.17, 15) is 9.59 Å². The molecule has 1 N–H and O–H groups in total. The minimum atomic E-state index is -0.608. The van der Waals surface area contributed by atoms with Crippen molar-refractivity contribution < 1.29 is 23.8 Å². The van der Waals surface area contributed by atoms with E-state index >= 15 is 0 Å². The summed E-state index contributed by atoms with van der Waals surface area (Å²) < 4.78 is 15.4. The van der Waals surface area contributed by atoms with E-state index in [1.165, 1.54) is 6.07 Å². The van der Waals surface area contributed by atoms with Crippen molar-refractivity contribution in [3.05, 3.63) is 58.6 Å². The highest BCUT2D eigenvalue weighted by atomic mass is 35.5. The third kappa shape index (κ3) is 4.22. The van der Waals surface area contributed by atoms with Crippen LogP contribution < -0.4 is 14.8 Å². The fourth-order valence-corrected chi connectivity index (χ4v) is 2.58. The van der Waals surface area contributed by atoms with Crippen molar-refractivity contribution in [3.8, 4) is 11.5 Å². The molecule has 1 amide bonds. The zero-order chi connectivity index (χ0) is 17.8. The van der Waals surface area contributed by atoms with Crippen LogP contribution in [0, 0.1) is 0 Å². The second kappa shape index (κ2) is 7.44. The van der Waals surface area contributed by atoms with E-state index < -0.39 is 11.9 Å². The van der Waals surface area contributed by atoms with Crippen molar-refractivity contribution in [2.24, 2.45) is 0 Å². The van der Waals surface area contributed by atoms with Gasteiger partial charge in [-0.25, -0.2) is 4.79 Å². The van der Waals surface area contributed by atoms with E-state index in [0.717, 1.165) is 5.56 Å². The lowest BCUT2D eigenvalue weighted by molar-refractivity contribution is -0.124. The summed E-state index contributed by atoms with van der Waals surface area (Å²) in [5.74, 6) is 0.0450. The van der Waals surface area contributed by atoms with E-state index in [2.05, 4.69) is 5.32 Å². The maximum absolute atomic E-state index is 12.0. The van der Waals surface area contributed by atoms with Crippen LogP contribution in [0.2, 0.25) is 5.02 Å². The van der Waals surface area contributed by atoms with Crippen LogP contribution in [-0.2, 0) is 9.53 Å². The molecule has 2 aromatic rings. The molecule has 2 aromatic carbocycles. The highest BCUT2D eigenvalue weighted by molar-refractivity contribution is 6.30. The van der Waals surface area contributed by atoms with Gasteiger partial charge in [0.05, 0.1) is 11.6 Å². The Balaban J connectivity index is 1.52. The average Bonchev–Trinajstić information content (AvgIpc) is 3.07. The number of carbonyl (C=O) groups is 2. The largest absolute Gasteiger partial charge is 0.454 e. The van der Waals surface area contributed by atoms with Crippen LogP contribution in [0.25, 0.3) is 0 Å². The van der Waals surface area contributed by atoms with Crippen molar-refractivity contribution in [3.63, 3.8) is 0 Å². The Morgan fingerprint density at radius 3 is 2.80 bits per heavy atom. The zero-order valence-corrected chi connectivity index (χ0v) is 14.2. The van der Waals surface area contributed by atoms with E-state index in [-0.39, 0.29) is 19.4 Å². The molecule has 1 atom stereocenters. The summed E-state index contributed by atoms with van der Waals surface area (Å²) in [6, 6.07) is 11.6. The van der Waals surface area contributed by atoms with Gasteiger partial charge in [-0.1, -0.05) is 23.7 Å². The summed E-state index contributed by atoms with van der Waals surface area (Å²) in [6.07, 6.45) is 0. The molecule has 0 saturated carbocycles. The number of nitrogens with one attached hydrogen (secondary N) is 1. The molecule has 0 aromatic heterocycles. The topological polar surface area (TPSA) is 73.9 Å². The molecule has 0 unspecified atom stereocenters. The maximum Gasteiger partial charge on any atom is 0.338 e. The maximum atomic E-state index is 12.0. The number of benzene rings is 2. The molecule has 0 spiro atoms. The van der Waals surface area contributed by atoms with Gasteiger partial charge in [0, 0.05) is 5.02 Å². The number of rotatable bonds is 5. The van der Waals surface area contributed by atoms with Gasteiger partial charge in [0.2, 0.25) is 6.79 Å². The zero-order valence-electron chi connectivity index (χ0n) is 13.5. The first-order chi connectivity index (χ1) is 12.0. The molecule has 0 bridgehead atoms. The molecular formula is C18H16ClNO5. The molecule has 7 heteroatoms. The Morgan fingerprint density at radius 1 is 1.20 bits per heavy atom. The molecule has 0 radical (unpaired) electrons. The molecule has 0 aliphatic carbocycles. The lowest BCUT2D eigenvalue weighted by Gasteiger charge is -2.14. The van der Waals surface area contributed by atoms with Gasteiger partial charge in [0.1, 0.15) is 0 Å². The molecule has 6 nitrogen and oxygen atoms in total. The van der Waals surface area contributed by atoms with Gasteiger partial charge in [-0.3, -0.25) is 4.79 Å². The summed E-state index contributed by atoms with van der Waals surface area (Å²) in [6.45, 7) is 1.57. The second-order valence-electron chi connectivity index (χ2n) is 5.49. The van der Waals surface area contributed by atoms with Crippen molar-refractivity contribution in [1.82, 2.24) is 5.32 Å². The molecule has 3 rings (SSSR count). The first kappa shape index (κ1) is 17.1. The van der Waals surface area contributed by atoms with Crippen molar-refractivity contribution >= 4 is 23.5 Å². The number of fused-ring (bicyclic) bond motifs is 1. The lowest BCUT2D eigenvalue weighted by Crippen LogP contribution is -2.31. The van der Waals surface area contributed by atoms with Crippen LogP contribution in [-0.4, -0.2) is 25.3 Å². The number of esters is 1. The summed E-state index contributed by atoms with van der Waals surface area (Å²) >= 11 is 5.94. The number of halogens is 1. The molecule has 1 aliphatic heterocycles. The van der Waals surface area contributed by atoms with Gasteiger partial charge in [0.15, 0.2) is 18.1 Å². The Bertz CT molecular complexity index is 808. The first-order valence-electron chi connectivity index (χ1n) is 7.64. The smallest absolute Gasteiger partial charge is 0.338 e. The molecule has 25 heavy (non-hydrogen) atoms. The Labute approximate surface area is 149 Å². The normalized spacial score (nSPS) is 13.2. The number of carbonyl (C=O) groups excluding carboxylic acids is 2. The van der Waals surface area contributed by atoms with Crippen LogP contribution in [0.3, 0.4) is 0 Å². The van der Waals surface area contributed by atoms with Gasteiger partial charge < -0.3 is 19.5 Å². The van der Waals surface area contributed by atoms with Gasteiger partial charge >= 0.3 is 5.97 Å². The van der Waals surface area contributed by atoms with Crippen LogP contribution >= 0.6 is 11.6 Å². The summed E-state index contributed by atoms with van der Waals surface area (Å²) in [5, 5.41) is 3.34. The fraction of sp³-hybridized carbons (Fsp3) is 0.222. The second-order valence-corrected chi connectivity index (χ2v) is 5.92. The Morgan fingerprint density at radius 2 is 2.00 bits per heavy atom. The monoisotopic (exact) mass is 361 g/mol. The standard InChI is InChI=1S/C18H16ClNO5/c1-11(12-3-2-4-14(19)7-12)20-17(21)9-23-18(22)13-5-6-15-16(8-13)25-10-24-15/h2-8,11H,9-10H2,1H3,(H,20,21)/t11-/m0/s1. The first-order valence-corrected chi connectivity index (χ1v) is 8.02. The molecule has 1 heterocycles. The number of hydrogen-bond donors (Lipinski definition) is 1. The van der Waals surface area contributed by atoms with E-state index in [4.69, 9.17) is 25.8 Å². The third-order valence-electron chi connectivity index (χ3n) is 3.67. The highest BCUT2D eigenvalue weighted by Crippen LogP contribution is 2.32. The molecular weight excluding hydrogens is 346 g/mol. The van der Waals surface area contributed by atoms with Gasteiger partial charge in [-0.2, -0.15) is 0 Å². The van der Waals surface area contributed by atoms with Crippen LogP contribution in [0.1, 0.15) is 28.9 Å². The van der Waals surface area contributed by atoms with E-state index in [1.54, 1.807) is 30.3 Å². The van der Waals surface area contributed by atoms with Crippen LogP contribution in [0.5, 0.6) is 11.5 Å². The summed E-state index contributed by atoms with van der Waals surface area (Å²) in [5.41, 5.74) is 1.16. The Hall–Kier alpha value is -2.73. The third-order valence-corrected chi connectivity index (χ3v) is 3.90. The Kier molecular flexibility index (Phi) is 5.09. The number of ether oxygens (including phenoxy) is 3. The van der Waals surface area contributed by atoms with Crippen LogP contribution in [0.15, 0.2) is 42.5 Å². The fourth-order valence-electron chi connectivity index (χ4n) is 2.38. The van der Waals surface area contributed by atoms with Crippen molar-refractivity contribution in [2.45, 2.75) is 13.0 Å².